The van der Waals surface area contributed by atoms with E-state index in [0.29, 0.717) is 0 Å². The van der Waals surface area contributed by atoms with E-state index in [1.807, 2.05) is 20.9 Å². The predicted molar refractivity (Wildman–Crippen MR) is 170 cm³/mol. The number of hydrogen-bond donors (Lipinski definition) is 2. The molecule has 0 atom stereocenters. The molecular weight excluding hydrogens is 464 g/mol. The lowest BCUT2D eigenvalue weighted by molar-refractivity contribution is 0.711. The van der Waals surface area contributed by atoms with Gasteiger partial charge in [0, 0.05) is 38.1 Å². The van der Waals surface area contributed by atoms with Crippen molar-refractivity contribution in [3.63, 3.8) is 0 Å². The fourth-order valence-electron chi connectivity index (χ4n) is 3.30. The van der Waals surface area contributed by atoms with Crippen molar-refractivity contribution in [1.29, 1.82) is 0 Å². The first-order valence-electron chi connectivity index (χ1n) is 13.8. The van der Waals surface area contributed by atoms with E-state index < -0.39 is 0 Å². The summed E-state index contributed by atoms with van der Waals surface area (Å²) in [6, 6.07) is 16.7. The smallest absolute Gasteiger partial charge is 0.0734 e. The molecule has 0 bridgehead atoms. The predicted octanol–water partition coefficient (Wildman–Crippen LogP) is 8.43. The van der Waals surface area contributed by atoms with Gasteiger partial charge in [0.25, 0.3) is 0 Å². The molecule has 2 aromatic carbocycles. The van der Waals surface area contributed by atoms with E-state index in [0.717, 1.165) is 46.9 Å². The molecule has 38 heavy (non-hydrogen) atoms. The van der Waals surface area contributed by atoms with Crippen LogP contribution in [-0.2, 0) is 0 Å². The van der Waals surface area contributed by atoms with Crippen molar-refractivity contribution in [2.24, 2.45) is 9.98 Å². The van der Waals surface area contributed by atoms with Crippen LogP contribution in [0.3, 0.4) is 0 Å². The molecule has 1 aliphatic rings. The van der Waals surface area contributed by atoms with E-state index in [9.17, 15) is 0 Å². The number of hydrogen-bond acceptors (Lipinski definition) is 4. The Kier molecular flexibility index (Phi) is 16.1. The maximum atomic E-state index is 4.89. The van der Waals surface area contributed by atoms with E-state index in [4.69, 9.17) is 4.99 Å². The quantitative estimate of drug-likeness (QED) is 0.247. The molecule has 1 aliphatic carbocycles. The van der Waals surface area contributed by atoms with Crippen molar-refractivity contribution in [3.05, 3.63) is 101 Å². The number of rotatable bonds is 10. The lowest BCUT2D eigenvalue weighted by Crippen LogP contribution is -2.15. The Balaban J connectivity index is 0.000000450. The lowest BCUT2D eigenvalue weighted by Gasteiger charge is -2.11. The number of allylic oxidation sites excluding steroid dienone is 5. The van der Waals surface area contributed by atoms with Crippen LogP contribution in [0.15, 0.2) is 88.3 Å². The molecule has 4 heteroatoms. The standard InChI is InChI=1S/C21H32N4.C10H12.C3H6/c1-7-8-13-24-17(3)14-20(19-12-10-9-11-16(19)2)25-18(4)21(23-6)15-22-5;1-8(2)10-6-4-9(3)5-7-10;1-2-3-1/h9-12,14-15,23-24H,7-8,13H2,1-6H3;4-7H,1H2,2-3H3;1-3H2/b17-14+,21-18-,22-15?,25-20-;;. The molecule has 0 saturated heterocycles. The monoisotopic (exact) mass is 514 g/mol. The van der Waals surface area contributed by atoms with Crippen LogP contribution in [0.4, 0.5) is 0 Å². The Morgan fingerprint density at radius 1 is 0.974 bits per heavy atom. The third-order valence-electron chi connectivity index (χ3n) is 5.81. The Morgan fingerprint density at radius 3 is 2.11 bits per heavy atom. The second-order valence-corrected chi connectivity index (χ2v) is 9.76. The van der Waals surface area contributed by atoms with Crippen LogP contribution >= 0.6 is 0 Å². The first-order chi connectivity index (χ1) is 18.2. The summed E-state index contributed by atoms with van der Waals surface area (Å²) in [5.74, 6) is 0. The summed E-state index contributed by atoms with van der Waals surface area (Å²) in [6.07, 6.45) is 10.8. The van der Waals surface area contributed by atoms with Gasteiger partial charge < -0.3 is 10.6 Å². The molecule has 0 aromatic heterocycles. The third-order valence-corrected chi connectivity index (χ3v) is 5.81. The van der Waals surface area contributed by atoms with Gasteiger partial charge in [0.1, 0.15) is 0 Å². The largest absolute Gasteiger partial charge is 0.389 e. The van der Waals surface area contributed by atoms with Gasteiger partial charge in [-0.25, -0.2) is 0 Å². The van der Waals surface area contributed by atoms with Crippen LogP contribution in [0.5, 0.6) is 0 Å². The number of aliphatic imine (C=N–C) groups is 2. The van der Waals surface area contributed by atoms with Crippen LogP contribution in [0, 0.1) is 13.8 Å². The summed E-state index contributed by atoms with van der Waals surface area (Å²) in [6.45, 7) is 17.3. The number of nitrogens with one attached hydrogen (secondary N) is 2. The molecule has 0 spiro atoms. The SMILES string of the molecule is C1CC1.C=C(C)c1ccc(C)cc1.CCCCN/C(C)=C/C(=N/C(C)=C(/C=NC)NC)c1ccccc1C. The van der Waals surface area contributed by atoms with E-state index >= 15 is 0 Å². The maximum Gasteiger partial charge on any atom is 0.0734 e. The maximum absolute atomic E-state index is 4.89. The highest BCUT2D eigenvalue weighted by atomic mass is 14.9. The molecule has 2 aromatic rings. The second-order valence-electron chi connectivity index (χ2n) is 9.76. The number of unbranched alkanes of at least 4 members (excludes halogenated alkanes) is 1. The van der Waals surface area contributed by atoms with Crippen molar-refractivity contribution in [2.75, 3.05) is 20.6 Å². The van der Waals surface area contributed by atoms with E-state index in [1.165, 1.54) is 42.4 Å². The van der Waals surface area contributed by atoms with E-state index in [2.05, 4.69) is 105 Å². The molecule has 0 unspecified atom stereocenters. The summed E-state index contributed by atoms with van der Waals surface area (Å²) >= 11 is 0. The topological polar surface area (TPSA) is 48.8 Å². The highest BCUT2D eigenvalue weighted by molar-refractivity contribution is 6.10. The summed E-state index contributed by atoms with van der Waals surface area (Å²) in [4.78, 5) is 8.99. The lowest BCUT2D eigenvalue weighted by atomic mass is 10.0. The fourth-order valence-corrected chi connectivity index (χ4v) is 3.30. The molecule has 0 radical (unpaired) electrons. The zero-order chi connectivity index (χ0) is 28.3. The van der Waals surface area contributed by atoms with Gasteiger partial charge in [-0.2, -0.15) is 0 Å². The summed E-state index contributed by atoms with van der Waals surface area (Å²) in [5.41, 5.74) is 9.90. The van der Waals surface area contributed by atoms with Gasteiger partial charge in [-0.15, -0.1) is 0 Å². The van der Waals surface area contributed by atoms with Crippen molar-refractivity contribution in [1.82, 2.24) is 10.6 Å². The van der Waals surface area contributed by atoms with Gasteiger partial charge in [0.05, 0.1) is 17.1 Å². The van der Waals surface area contributed by atoms with Gasteiger partial charge >= 0.3 is 0 Å². The summed E-state index contributed by atoms with van der Waals surface area (Å²) in [7, 11) is 3.65. The number of benzene rings is 2. The molecule has 4 nitrogen and oxygen atoms in total. The zero-order valence-electron chi connectivity index (χ0n) is 25.1. The summed E-state index contributed by atoms with van der Waals surface area (Å²) in [5, 5.41) is 6.62. The molecular formula is C34H50N4. The third kappa shape index (κ3) is 13.8. The van der Waals surface area contributed by atoms with Crippen LogP contribution in [0.25, 0.3) is 5.57 Å². The molecule has 206 valence electrons. The first kappa shape index (κ1) is 32.6. The normalized spacial score (nSPS) is 13.5. The molecule has 0 aliphatic heterocycles. The van der Waals surface area contributed by atoms with Gasteiger partial charge in [0.2, 0.25) is 0 Å². The Labute approximate surface area is 232 Å². The van der Waals surface area contributed by atoms with Crippen molar-refractivity contribution in [3.8, 4) is 0 Å². The van der Waals surface area contributed by atoms with Crippen molar-refractivity contribution < 1.29 is 0 Å². The van der Waals surface area contributed by atoms with Gasteiger partial charge in [-0.05, 0) is 58.2 Å². The highest BCUT2D eigenvalue weighted by Crippen LogP contribution is 2.15. The second kappa shape index (κ2) is 18.8. The summed E-state index contributed by atoms with van der Waals surface area (Å²) < 4.78 is 0. The molecule has 0 heterocycles. The van der Waals surface area contributed by atoms with Crippen molar-refractivity contribution in [2.45, 2.75) is 73.6 Å². The minimum Gasteiger partial charge on any atom is -0.389 e. The minimum absolute atomic E-state index is 0.906. The van der Waals surface area contributed by atoms with Gasteiger partial charge in [-0.3, -0.25) is 9.98 Å². The number of aryl methyl sites for hydroxylation is 2. The minimum atomic E-state index is 0.906. The van der Waals surface area contributed by atoms with E-state index in [1.54, 1.807) is 13.3 Å². The van der Waals surface area contributed by atoms with Gasteiger partial charge in [-0.1, -0.05) is 98.9 Å². The van der Waals surface area contributed by atoms with Crippen LogP contribution in [-0.4, -0.2) is 32.6 Å². The molecule has 1 saturated carbocycles. The Hall–Kier alpha value is -3.40. The Bertz CT molecular complexity index is 1100. The van der Waals surface area contributed by atoms with Crippen molar-refractivity contribution >= 4 is 17.5 Å². The van der Waals surface area contributed by atoms with E-state index in [-0.39, 0.29) is 0 Å². The molecule has 3 rings (SSSR count). The van der Waals surface area contributed by atoms with Crippen LogP contribution < -0.4 is 10.6 Å². The molecule has 2 N–H and O–H groups in total. The number of nitrogens with zero attached hydrogens (tertiary/aromatic N) is 2. The average Bonchev–Trinajstić information content (AvgIpc) is 3.78. The molecule has 1 fully saturated rings. The Morgan fingerprint density at radius 2 is 1.61 bits per heavy atom. The molecule has 0 amide bonds. The zero-order valence-corrected chi connectivity index (χ0v) is 25.1. The highest BCUT2D eigenvalue weighted by Gasteiger charge is 2.07. The van der Waals surface area contributed by atoms with Crippen LogP contribution in [0.2, 0.25) is 0 Å². The average molecular weight is 515 g/mol. The van der Waals surface area contributed by atoms with Gasteiger partial charge in [0.15, 0.2) is 0 Å². The fraction of sp³-hybridized carbons (Fsp3) is 0.412. The first-order valence-corrected chi connectivity index (χ1v) is 13.8. The van der Waals surface area contributed by atoms with Crippen LogP contribution in [0.1, 0.15) is 82.1 Å².